The van der Waals surface area contributed by atoms with E-state index in [4.69, 9.17) is 17.2 Å². The zero-order chi connectivity index (χ0) is 15.7. The van der Waals surface area contributed by atoms with Gasteiger partial charge in [-0.1, -0.05) is 48.1 Å². The molecule has 0 saturated carbocycles. The first-order valence-corrected chi connectivity index (χ1v) is 8.56. The molecule has 2 heterocycles. The Bertz CT molecular complexity index is 738. The molecule has 0 aliphatic carbocycles. The van der Waals surface area contributed by atoms with E-state index in [0.29, 0.717) is 5.92 Å². The Hall–Kier alpha value is -1.39. The van der Waals surface area contributed by atoms with Gasteiger partial charge in [0.1, 0.15) is 0 Å². The summed E-state index contributed by atoms with van der Waals surface area (Å²) in [4.78, 5) is 10.3. The third-order valence-electron chi connectivity index (χ3n) is 3.86. The summed E-state index contributed by atoms with van der Waals surface area (Å²) in [5.41, 5.74) is 4.41. The van der Waals surface area contributed by atoms with Crippen molar-refractivity contribution >= 4 is 38.7 Å². The summed E-state index contributed by atoms with van der Waals surface area (Å²) in [7, 11) is 0. The molecular formula is C18H17BrN2S. The number of hydrogen-bond donors (Lipinski definition) is 0. The molecule has 2 aromatic rings. The van der Waals surface area contributed by atoms with Crippen LogP contribution in [-0.2, 0) is 6.42 Å². The van der Waals surface area contributed by atoms with Crippen LogP contribution in [0.4, 0.5) is 0 Å². The topological polar surface area (TPSA) is 25.2 Å². The fraction of sp³-hybridized carbons (Fsp3) is 0.278. The zero-order valence-corrected chi connectivity index (χ0v) is 15.0. The molecule has 4 heteroatoms. The molecule has 0 N–H and O–H groups in total. The van der Waals surface area contributed by atoms with Gasteiger partial charge in [-0.25, -0.2) is 0 Å². The summed E-state index contributed by atoms with van der Waals surface area (Å²) >= 11 is 9.24. The Kier molecular flexibility index (Phi) is 4.50. The Labute approximate surface area is 144 Å². The van der Waals surface area contributed by atoms with E-state index in [1.54, 1.807) is 6.20 Å². The van der Waals surface area contributed by atoms with Crippen LogP contribution in [0, 0.1) is 5.92 Å². The van der Waals surface area contributed by atoms with Gasteiger partial charge in [0, 0.05) is 39.3 Å². The minimum absolute atomic E-state index is 0.0661. The van der Waals surface area contributed by atoms with E-state index in [1.165, 1.54) is 5.56 Å². The lowest BCUT2D eigenvalue weighted by molar-refractivity contribution is 0.599. The van der Waals surface area contributed by atoms with Crippen LogP contribution >= 0.6 is 28.1 Å². The van der Waals surface area contributed by atoms with E-state index < -0.39 is 0 Å². The van der Waals surface area contributed by atoms with Crippen molar-refractivity contribution in [3.8, 4) is 0 Å². The number of fused-ring (bicyclic) bond motifs is 1. The summed E-state index contributed by atoms with van der Waals surface area (Å²) in [5, 5.41) is 0. The lowest BCUT2D eigenvalue weighted by Crippen LogP contribution is -2.24. The van der Waals surface area contributed by atoms with E-state index in [0.717, 1.165) is 32.6 Å². The minimum Gasteiger partial charge on any atom is -0.275 e. The number of nitrogens with zero attached hydrogens (tertiary/aromatic N) is 2. The van der Waals surface area contributed by atoms with Crippen molar-refractivity contribution in [1.29, 1.82) is 0 Å². The smallest absolute Gasteiger partial charge is 0.0845 e. The highest BCUT2D eigenvalue weighted by Gasteiger charge is 2.25. The minimum atomic E-state index is 0.0661. The van der Waals surface area contributed by atoms with Crippen LogP contribution < -0.4 is 0 Å². The molecule has 1 aliphatic rings. The summed E-state index contributed by atoms with van der Waals surface area (Å²) in [6.45, 7) is 4.35. The highest BCUT2D eigenvalue weighted by Crippen LogP contribution is 2.27. The number of halogens is 1. The van der Waals surface area contributed by atoms with Crippen molar-refractivity contribution in [1.82, 2.24) is 4.98 Å². The molecule has 22 heavy (non-hydrogen) atoms. The third kappa shape index (κ3) is 3.03. The average molecular weight is 373 g/mol. The van der Waals surface area contributed by atoms with Crippen molar-refractivity contribution < 1.29 is 0 Å². The number of aromatic nitrogens is 1. The van der Waals surface area contributed by atoms with Crippen molar-refractivity contribution in [2.24, 2.45) is 10.9 Å². The summed E-state index contributed by atoms with van der Waals surface area (Å²) in [5.74, 6) is 0.386. The van der Waals surface area contributed by atoms with Gasteiger partial charge in [0.05, 0.1) is 11.8 Å². The van der Waals surface area contributed by atoms with Crippen molar-refractivity contribution in [2.75, 3.05) is 0 Å². The van der Waals surface area contributed by atoms with E-state index in [2.05, 4.69) is 59.0 Å². The van der Waals surface area contributed by atoms with Crippen LogP contribution in [-0.4, -0.2) is 21.6 Å². The molecule has 1 aromatic heterocycles. The fourth-order valence-electron chi connectivity index (χ4n) is 2.75. The zero-order valence-electron chi connectivity index (χ0n) is 12.6. The quantitative estimate of drug-likeness (QED) is 0.717. The predicted molar refractivity (Wildman–Crippen MR) is 98.9 cm³/mol. The largest absolute Gasteiger partial charge is 0.275 e. The highest BCUT2D eigenvalue weighted by atomic mass is 79.9. The van der Waals surface area contributed by atoms with Crippen LogP contribution in [0.1, 0.15) is 30.5 Å². The molecule has 1 atom stereocenters. The second-order valence-electron chi connectivity index (χ2n) is 5.85. The molecule has 0 unspecified atom stereocenters. The van der Waals surface area contributed by atoms with Gasteiger partial charge in [0.25, 0.3) is 0 Å². The maximum atomic E-state index is 5.67. The lowest BCUT2D eigenvalue weighted by Gasteiger charge is -2.16. The fourth-order valence-corrected chi connectivity index (χ4v) is 3.59. The SMILES string of the molecule is CC(C)[C@@H]1N=C(c2cccnc2)c2cc(Br)ccc2CC1=S. The predicted octanol–water partition coefficient (Wildman–Crippen LogP) is 4.63. The van der Waals surface area contributed by atoms with Crippen LogP contribution in [0.5, 0.6) is 0 Å². The normalized spacial score (nSPS) is 17.9. The Morgan fingerprint density at radius 3 is 2.77 bits per heavy atom. The second-order valence-corrected chi connectivity index (χ2v) is 7.29. The van der Waals surface area contributed by atoms with Gasteiger partial charge < -0.3 is 0 Å². The molecule has 112 valence electrons. The summed E-state index contributed by atoms with van der Waals surface area (Å²) < 4.78 is 1.05. The number of aliphatic imine (C=N–C) groups is 1. The third-order valence-corrected chi connectivity index (χ3v) is 4.74. The van der Waals surface area contributed by atoms with Gasteiger partial charge in [-0.3, -0.25) is 9.98 Å². The Morgan fingerprint density at radius 1 is 1.27 bits per heavy atom. The van der Waals surface area contributed by atoms with E-state index in [-0.39, 0.29) is 6.04 Å². The summed E-state index contributed by atoms with van der Waals surface area (Å²) in [6, 6.07) is 10.4. The van der Waals surface area contributed by atoms with Gasteiger partial charge >= 0.3 is 0 Å². The first kappa shape index (κ1) is 15.5. The molecular weight excluding hydrogens is 356 g/mol. The van der Waals surface area contributed by atoms with Gasteiger partial charge in [0.15, 0.2) is 0 Å². The van der Waals surface area contributed by atoms with Gasteiger partial charge in [-0.2, -0.15) is 0 Å². The van der Waals surface area contributed by atoms with Crippen molar-refractivity contribution in [2.45, 2.75) is 26.3 Å². The molecule has 0 spiro atoms. The first-order valence-electron chi connectivity index (χ1n) is 7.36. The van der Waals surface area contributed by atoms with Crippen molar-refractivity contribution in [3.05, 3.63) is 63.9 Å². The highest BCUT2D eigenvalue weighted by molar-refractivity contribution is 9.10. The average Bonchev–Trinajstić information content (AvgIpc) is 2.64. The van der Waals surface area contributed by atoms with Gasteiger partial charge in [-0.15, -0.1) is 0 Å². The molecule has 1 aliphatic heterocycles. The number of thiocarbonyl (C=S) groups is 1. The molecule has 1 aromatic carbocycles. The monoisotopic (exact) mass is 372 g/mol. The molecule has 0 bridgehead atoms. The maximum absolute atomic E-state index is 5.67. The Balaban J connectivity index is 2.23. The van der Waals surface area contributed by atoms with Crippen LogP contribution in [0.2, 0.25) is 0 Å². The van der Waals surface area contributed by atoms with Crippen LogP contribution in [0.3, 0.4) is 0 Å². The summed E-state index contributed by atoms with van der Waals surface area (Å²) in [6.07, 6.45) is 4.45. The number of rotatable bonds is 2. The molecule has 0 radical (unpaired) electrons. The molecule has 3 rings (SSSR count). The van der Waals surface area contributed by atoms with E-state index in [9.17, 15) is 0 Å². The van der Waals surface area contributed by atoms with E-state index >= 15 is 0 Å². The molecule has 0 amide bonds. The maximum Gasteiger partial charge on any atom is 0.0845 e. The van der Waals surface area contributed by atoms with Crippen LogP contribution in [0.25, 0.3) is 0 Å². The van der Waals surface area contributed by atoms with Crippen LogP contribution in [0.15, 0.2) is 52.2 Å². The van der Waals surface area contributed by atoms with E-state index in [1.807, 2.05) is 12.3 Å². The molecule has 0 saturated heterocycles. The molecule has 2 nitrogen and oxygen atoms in total. The molecule has 0 fully saturated rings. The standard InChI is InChI=1S/C18H17BrN2S/c1-11(2)17-16(22)8-12-5-6-14(19)9-15(12)18(21-17)13-4-3-7-20-10-13/h3-7,9-11,17H,8H2,1-2H3/t17-/m0/s1. The number of pyridine rings is 1. The first-order chi connectivity index (χ1) is 10.6. The second kappa shape index (κ2) is 6.39. The Morgan fingerprint density at radius 2 is 2.09 bits per heavy atom. The number of hydrogen-bond acceptors (Lipinski definition) is 3. The van der Waals surface area contributed by atoms with Gasteiger partial charge in [-0.05, 0) is 35.7 Å². The van der Waals surface area contributed by atoms with Crippen molar-refractivity contribution in [3.63, 3.8) is 0 Å². The number of benzene rings is 1. The van der Waals surface area contributed by atoms with Gasteiger partial charge in [0.2, 0.25) is 0 Å². The lowest BCUT2D eigenvalue weighted by atomic mass is 9.95.